The lowest BCUT2D eigenvalue weighted by atomic mass is 10.2. The van der Waals surface area contributed by atoms with E-state index in [0.29, 0.717) is 28.3 Å². The first-order chi connectivity index (χ1) is 8.79. The van der Waals surface area contributed by atoms with E-state index in [1.807, 2.05) is 0 Å². The van der Waals surface area contributed by atoms with Gasteiger partial charge in [0.1, 0.15) is 0 Å². The number of nitrogens with zero attached hydrogens (tertiary/aromatic N) is 4. The number of rotatable bonds is 1. The molecule has 4 rings (SSSR count). The van der Waals surface area contributed by atoms with Gasteiger partial charge in [0.2, 0.25) is 5.65 Å². The van der Waals surface area contributed by atoms with Crippen LogP contribution in [-0.4, -0.2) is 47.1 Å². The molecule has 2 saturated heterocycles. The van der Waals surface area contributed by atoms with Crippen LogP contribution in [-0.2, 0) is 0 Å². The van der Waals surface area contributed by atoms with Crippen LogP contribution in [0.15, 0.2) is 16.7 Å². The number of fused-ring (bicyclic) bond motifs is 3. The molecular weight excluding hydrogens is 323 g/mol. The number of hydrogen-bond donors (Lipinski definition) is 0. The van der Waals surface area contributed by atoms with Crippen molar-refractivity contribution >= 4 is 53.7 Å². The maximum Gasteiger partial charge on any atom is 0.300 e. The summed E-state index contributed by atoms with van der Waals surface area (Å²) in [5.74, 6) is 0. The highest BCUT2D eigenvalue weighted by atomic mass is 35.5. The van der Waals surface area contributed by atoms with Crippen LogP contribution in [0.4, 0.5) is 6.01 Å². The lowest BCUT2D eigenvalue weighted by molar-refractivity contribution is 0.304. The summed E-state index contributed by atoms with van der Waals surface area (Å²) in [6.07, 6.45) is 2.79. The van der Waals surface area contributed by atoms with Gasteiger partial charge in [-0.25, -0.2) is 4.98 Å². The Bertz CT molecular complexity index is 605. The Morgan fingerprint density at radius 1 is 1.25 bits per heavy atom. The lowest BCUT2D eigenvalue weighted by Gasteiger charge is -2.32. The van der Waals surface area contributed by atoms with Gasteiger partial charge in [-0.3, -0.25) is 4.90 Å². The Balaban J connectivity index is 0.000000735. The smallest absolute Gasteiger partial charge is 0.300 e. The number of piperazine rings is 1. The van der Waals surface area contributed by atoms with E-state index in [0.717, 1.165) is 19.6 Å². The fraction of sp³-hybridized carbons (Fsp3) is 0.500. The minimum atomic E-state index is 0. The van der Waals surface area contributed by atoms with E-state index in [2.05, 4.69) is 19.8 Å². The quantitative estimate of drug-likeness (QED) is 0.800. The first-order valence-electron chi connectivity index (χ1n) is 6.21. The summed E-state index contributed by atoms with van der Waals surface area (Å²) in [4.78, 5) is 13.4. The molecule has 8 heteroatoms. The van der Waals surface area contributed by atoms with Crippen molar-refractivity contribution in [3.05, 3.63) is 17.3 Å². The third-order valence-electron chi connectivity index (χ3n) is 3.79. The van der Waals surface area contributed by atoms with Crippen LogP contribution in [0.1, 0.15) is 6.42 Å². The second-order valence-corrected chi connectivity index (χ2v) is 5.34. The zero-order valence-electron chi connectivity index (χ0n) is 10.7. The molecule has 2 unspecified atom stereocenters. The molecule has 2 fully saturated rings. The molecule has 2 aliphatic rings. The van der Waals surface area contributed by atoms with Gasteiger partial charge in [-0.1, -0.05) is 11.6 Å². The van der Waals surface area contributed by atoms with Crippen molar-refractivity contribution in [3.8, 4) is 0 Å². The summed E-state index contributed by atoms with van der Waals surface area (Å²) >= 11 is 5.91. The normalized spacial score (nSPS) is 24.4. The minimum Gasteiger partial charge on any atom is -0.422 e. The van der Waals surface area contributed by atoms with Crippen molar-refractivity contribution in [2.24, 2.45) is 0 Å². The molecule has 20 heavy (non-hydrogen) atoms. The molecule has 0 radical (unpaired) electrons. The predicted octanol–water partition coefficient (Wildman–Crippen LogP) is 2.61. The molecule has 0 saturated carbocycles. The largest absolute Gasteiger partial charge is 0.422 e. The van der Waals surface area contributed by atoms with Gasteiger partial charge < -0.3 is 9.32 Å². The van der Waals surface area contributed by atoms with Crippen molar-refractivity contribution in [2.75, 3.05) is 31.1 Å². The summed E-state index contributed by atoms with van der Waals surface area (Å²) in [6, 6.07) is 2.99. The molecule has 0 aliphatic carbocycles. The van der Waals surface area contributed by atoms with Gasteiger partial charge in [-0.05, 0) is 6.42 Å². The Morgan fingerprint density at radius 2 is 2.10 bits per heavy atom. The Kier molecular flexibility index (Phi) is 4.64. The van der Waals surface area contributed by atoms with Gasteiger partial charge in [0, 0.05) is 44.5 Å². The van der Waals surface area contributed by atoms with Crippen molar-refractivity contribution in [1.29, 1.82) is 0 Å². The third-order valence-corrected chi connectivity index (χ3v) is 4.00. The molecule has 2 aromatic rings. The Labute approximate surface area is 134 Å². The van der Waals surface area contributed by atoms with Gasteiger partial charge in [0.05, 0.1) is 5.02 Å². The minimum absolute atomic E-state index is 0. The van der Waals surface area contributed by atoms with Crippen molar-refractivity contribution in [2.45, 2.75) is 12.5 Å². The second kappa shape index (κ2) is 5.93. The van der Waals surface area contributed by atoms with E-state index < -0.39 is 0 Å². The molecule has 2 aromatic heterocycles. The van der Waals surface area contributed by atoms with E-state index in [-0.39, 0.29) is 24.8 Å². The van der Waals surface area contributed by atoms with Crippen LogP contribution >= 0.6 is 36.4 Å². The van der Waals surface area contributed by atoms with Crippen LogP contribution in [0, 0.1) is 0 Å². The predicted molar refractivity (Wildman–Crippen MR) is 83.5 cm³/mol. The highest BCUT2D eigenvalue weighted by Crippen LogP contribution is 2.29. The lowest BCUT2D eigenvalue weighted by Crippen LogP contribution is -2.46. The molecule has 2 atom stereocenters. The molecule has 4 heterocycles. The van der Waals surface area contributed by atoms with Gasteiger partial charge in [0.15, 0.2) is 5.58 Å². The number of pyridine rings is 1. The zero-order chi connectivity index (χ0) is 12.1. The van der Waals surface area contributed by atoms with Crippen molar-refractivity contribution < 1.29 is 4.42 Å². The average Bonchev–Trinajstić information content (AvgIpc) is 2.94. The monoisotopic (exact) mass is 336 g/mol. The highest BCUT2D eigenvalue weighted by molar-refractivity contribution is 6.30. The van der Waals surface area contributed by atoms with Crippen LogP contribution in [0.2, 0.25) is 5.02 Å². The SMILES string of the molecule is Cl.Cl.Clc1cnc2nc(N3CCN4CCC3C4)oc2c1. The summed E-state index contributed by atoms with van der Waals surface area (Å²) < 4.78 is 5.79. The van der Waals surface area contributed by atoms with Crippen LogP contribution < -0.4 is 4.90 Å². The average molecular weight is 338 g/mol. The maximum absolute atomic E-state index is 5.91. The van der Waals surface area contributed by atoms with Crippen LogP contribution in [0.25, 0.3) is 11.2 Å². The highest BCUT2D eigenvalue weighted by Gasteiger charge is 2.34. The Hall–Kier alpha value is -0.750. The molecule has 0 aromatic carbocycles. The number of oxazole rings is 1. The number of halogens is 3. The summed E-state index contributed by atoms with van der Waals surface area (Å²) in [5.41, 5.74) is 1.30. The van der Waals surface area contributed by atoms with E-state index >= 15 is 0 Å². The van der Waals surface area contributed by atoms with Crippen molar-refractivity contribution in [3.63, 3.8) is 0 Å². The number of anilines is 1. The van der Waals surface area contributed by atoms with Crippen LogP contribution in [0.3, 0.4) is 0 Å². The summed E-state index contributed by atoms with van der Waals surface area (Å²) in [6.45, 7) is 4.37. The zero-order valence-corrected chi connectivity index (χ0v) is 13.0. The number of aromatic nitrogens is 2. The fourth-order valence-electron chi connectivity index (χ4n) is 2.86. The van der Waals surface area contributed by atoms with Gasteiger partial charge >= 0.3 is 0 Å². The summed E-state index contributed by atoms with van der Waals surface area (Å²) in [7, 11) is 0. The molecular formula is C12H15Cl3N4O. The Morgan fingerprint density at radius 3 is 2.95 bits per heavy atom. The second-order valence-electron chi connectivity index (χ2n) is 4.91. The van der Waals surface area contributed by atoms with Gasteiger partial charge in [-0.2, -0.15) is 4.98 Å². The van der Waals surface area contributed by atoms with E-state index in [1.165, 1.54) is 13.0 Å². The standard InChI is InChI=1S/C12H13ClN4O.2ClH/c13-8-5-10-11(14-6-8)15-12(18-10)17-4-3-16-2-1-9(17)7-16;;/h5-6,9H,1-4,7H2;2*1H. The van der Waals surface area contributed by atoms with E-state index in [1.54, 1.807) is 12.3 Å². The first-order valence-corrected chi connectivity index (χ1v) is 6.58. The number of hydrogen-bond acceptors (Lipinski definition) is 5. The first kappa shape index (κ1) is 15.6. The molecule has 5 nitrogen and oxygen atoms in total. The maximum atomic E-state index is 5.91. The molecule has 0 amide bonds. The molecule has 2 aliphatic heterocycles. The molecule has 0 N–H and O–H groups in total. The van der Waals surface area contributed by atoms with Gasteiger partial charge in [0.25, 0.3) is 6.01 Å². The van der Waals surface area contributed by atoms with E-state index in [9.17, 15) is 0 Å². The summed E-state index contributed by atoms with van der Waals surface area (Å²) in [5, 5.41) is 0.580. The fourth-order valence-corrected chi connectivity index (χ4v) is 3.01. The topological polar surface area (TPSA) is 45.4 Å². The van der Waals surface area contributed by atoms with Crippen LogP contribution in [0.5, 0.6) is 0 Å². The van der Waals surface area contributed by atoms with Gasteiger partial charge in [-0.15, -0.1) is 24.8 Å². The van der Waals surface area contributed by atoms with Crippen molar-refractivity contribution in [1.82, 2.24) is 14.9 Å². The van der Waals surface area contributed by atoms with E-state index in [4.69, 9.17) is 16.0 Å². The molecule has 0 spiro atoms. The molecule has 110 valence electrons. The third kappa shape index (κ3) is 2.55. The molecule has 2 bridgehead atoms.